The van der Waals surface area contributed by atoms with Gasteiger partial charge in [0.2, 0.25) is 5.91 Å². The van der Waals surface area contributed by atoms with Gasteiger partial charge < -0.3 is 20.5 Å². The van der Waals surface area contributed by atoms with Crippen molar-refractivity contribution in [1.29, 1.82) is 0 Å². The Balaban J connectivity index is 0.00000156. The van der Waals surface area contributed by atoms with Crippen LogP contribution in [0, 0.1) is 0 Å². The predicted molar refractivity (Wildman–Crippen MR) is 144 cm³/mol. The third-order valence-corrected chi connectivity index (χ3v) is 6.93. The number of nitrogens with one attached hydrogen (secondary N) is 1. The second kappa shape index (κ2) is 12.1. The van der Waals surface area contributed by atoms with Gasteiger partial charge in [-0.15, -0.1) is 0 Å². The van der Waals surface area contributed by atoms with Gasteiger partial charge in [0.1, 0.15) is 11.5 Å². The molecule has 6 bridgehead atoms. The highest BCUT2D eigenvalue weighted by Gasteiger charge is 2.29. The van der Waals surface area contributed by atoms with Gasteiger partial charge in [0, 0.05) is 29.5 Å². The Hall–Kier alpha value is -3.55. The Morgan fingerprint density at radius 3 is 2.76 bits per heavy atom. The van der Waals surface area contributed by atoms with Gasteiger partial charge in [0.05, 0.1) is 31.8 Å². The van der Waals surface area contributed by atoms with Crippen molar-refractivity contribution in [2.24, 2.45) is 10.7 Å². The second-order valence-electron chi connectivity index (χ2n) is 9.36. The van der Waals surface area contributed by atoms with Crippen molar-refractivity contribution in [1.82, 2.24) is 10.2 Å². The zero-order chi connectivity index (χ0) is 26.4. The smallest absolute Gasteiger partial charge is 0.251 e. The number of fused-ring (bicyclic) bond motifs is 5. The Labute approximate surface area is 219 Å². The van der Waals surface area contributed by atoms with E-state index in [-0.39, 0.29) is 36.4 Å². The van der Waals surface area contributed by atoms with E-state index in [1.807, 2.05) is 26.8 Å². The van der Waals surface area contributed by atoms with E-state index in [4.69, 9.17) is 15.2 Å². The number of amides is 2. The molecule has 8 nitrogen and oxygen atoms in total. The number of benzene rings is 2. The molecule has 0 aliphatic carbocycles. The minimum absolute atomic E-state index is 0.0524. The number of ether oxygens (including phenoxy) is 2. The summed E-state index contributed by atoms with van der Waals surface area (Å²) < 4.78 is 11.7. The van der Waals surface area contributed by atoms with Crippen LogP contribution in [0.3, 0.4) is 0 Å². The third-order valence-electron chi connectivity index (χ3n) is 6.93. The Morgan fingerprint density at radius 1 is 1.14 bits per heavy atom. The molecule has 2 aromatic rings. The molecule has 2 aromatic carbocycles. The first-order chi connectivity index (χ1) is 18.0. The molecular formula is C29H38N4O4. The molecule has 4 heterocycles. The fourth-order valence-electron chi connectivity index (χ4n) is 5.09. The summed E-state index contributed by atoms with van der Waals surface area (Å²) in [5, 5.41) is 3.19. The van der Waals surface area contributed by atoms with Crippen molar-refractivity contribution >= 4 is 17.8 Å². The number of rotatable bonds is 2. The summed E-state index contributed by atoms with van der Waals surface area (Å²) in [6.07, 6.45) is 4.74. The summed E-state index contributed by atoms with van der Waals surface area (Å²) in [6.45, 7) is 7.14. The molecule has 2 amide bonds. The highest BCUT2D eigenvalue weighted by atomic mass is 16.5. The second-order valence-corrected chi connectivity index (χ2v) is 9.36. The molecule has 2 atom stereocenters. The molecule has 0 saturated carbocycles. The first kappa shape index (κ1) is 26.5. The molecule has 4 aliphatic rings. The first-order valence-electron chi connectivity index (χ1n) is 13.5. The molecule has 0 saturated heterocycles. The summed E-state index contributed by atoms with van der Waals surface area (Å²) in [6, 6.07) is 11.4. The maximum Gasteiger partial charge on any atom is 0.251 e. The number of aliphatic imine (C=N–C) groups is 1. The number of guanidine groups is 1. The fourth-order valence-corrected chi connectivity index (χ4v) is 5.09. The van der Waals surface area contributed by atoms with E-state index in [9.17, 15) is 9.59 Å². The monoisotopic (exact) mass is 506 g/mol. The van der Waals surface area contributed by atoms with Gasteiger partial charge in [-0.05, 0) is 56.0 Å². The summed E-state index contributed by atoms with van der Waals surface area (Å²) in [4.78, 5) is 32.4. The van der Waals surface area contributed by atoms with Crippen LogP contribution in [0.4, 0.5) is 0 Å². The molecule has 2 unspecified atom stereocenters. The minimum atomic E-state index is -0.176. The molecule has 3 N–H and O–H groups in total. The average Bonchev–Trinajstić information content (AvgIpc) is 2.90. The topological polar surface area (TPSA) is 106 Å². The fraction of sp³-hybridized carbons (Fsp3) is 0.483. The molecule has 0 aromatic heterocycles. The summed E-state index contributed by atoms with van der Waals surface area (Å²) in [7, 11) is 0. The van der Waals surface area contributed by atoms with E-state index in [1.165, 1.54) is 10.5 Å². The molecular weight excluding hydrogens is 468 g/mol. The molecule has 0 radical (unpaired) electrons. The quantitative estimate of drug-likeness (QED) is 0.624. The van der Waals surface area contributed by atoms with E-state index >= 15 is 0 Å². The normalized spacial score (nSPS) is 21.4. The van der Waals surface area contributed by atoms with E-state index in [1.54, 1.807) is 18.2 Å². The van der Waals surface area contributed by atoms with E-state index in [2.05, 4.69) is 22.4 Å². The van der Waals surface area contributed by atoms with Crippen LogP contribution in [-0.4, -0.2) is 41.9 Å². The number of hydrogen-bond acceptors (Lipinski definition) is 6. The number of nitrogens with zero attached hydrogens (tertiary/aromatic N) is 2. The molecule has 8 heteroatoms. The van der Waals surface area contributed by atoms with Gasteiger partial charge in [0.25, 0.3) is 5.91 Å². The molecule has 4 aliphatic heterocycles. The van der Waals surface area contributed by atoms with Crippen molar-refractivity contribution < 1.29 is 19.1 Å². The van der Waals surface area contributed by atoms with Gasteiger partial charge in [-0.3, -0.25) is 14.5 Å². The molecule has 198 valence electrons. The van der Waals surface area contributed by atoms with Crippen LogP contribution in [0.2, 0.25) is 0 Å². The molecule has 37 heavy (non-hydrogen) atoms. The van der Waals surface area contributed by atoms with Crippen molar-refractivity contribution in [2.75, 3.05) is 13.2 Å². The maximum absolute atomic E-state index is 13.3. The standard InChI is InChI=1S/C27H32N4O4.C2H6/c1-2-34-23-10-8-18-14-19(23)16-31-25(32)15-20(29-27(31)28)6-4-3-5-17-7-9-24-21(13-17)22(11-12-35-24)30-26(18)33;1-2/h7-10,13-14,20,22H,2-6,11-12,15-16H2,1H3,(H2,28,29)(H,30,33);1-2H3. The van der Waals surface area contributed by atoms with Crippen LogP contribution in [0.5, 0.6) is 11.5 Å². The predicted octanol–water partition coefficient (Wildman–Crippen LogP) is 4.51. The number of aryl methyl sites for hydroxylation is 1. The lowest BCUT2D eigenvalue weighted by molar-refractivity contribution is -0.128. The summed E-state index contributed by atoms with van der Waals surface area (Å²) >= 11 is 0. The lowest BCUT2D eigenvalue weighted by Crippen LogP contribution is -2.46. The largest absolute Gasteiger partial charge is 0.494 e. The van der Waals surface area contributed by atoms with Gasteiger partial charge in [-0.2, -0.15) is 0 Å². The van der Waals surface area contributed by atoms with Gasteiger partial charge >= 0.3 is 0 Å². The Kier molecular flexibility index (Phi) is 8.69. The van der Waals surface area contributed by atoms with E-state index in [0.29, 0.717) is 37.4 Å². The van der Waals surface area contributed by atoms with Crippen molar-refractivity contribution in [3.63, 3.8) is 0 Å². The summed E-state index contributed by atoms with van der Waals surface area (Å²) in [5.74, 6) is 1.46. The van der Waals surface area contributed by atoms with Crippen LogP contribution in [-0.2, 0) is 17.8 Å². The lowest BCUT2D eigenvalue weighted by atomic mass is 9.95. The number of carbonyl (C=O) groups is 2. The van der Waals surface area contributed by atoms with Crippen LogP contribution in [0.25, 0.3) is 0 Å². The minimum Gasteiger partial charge on any atom is -0.494 e. The third kappa shape index (κ3) is 6.06. The number of hydrogen-bond donors (Lipinski definition) is 2. The van der Waals surface area contributed by atoms with Gasteiger partial charge in [-0.25, -0.2) is 4.99 Å². The highest BCUT2D eigenvalue weighted by Crippen LogP contribution is 2.34. The zero-order valence-electron chi connectivity index (χ0n) is 22.1. The first-order valence-corrected chi connectivity index (χ1v) is 13.5. The average molecular weight is 507 g/mol. The Morgan fingerprint density at radius 2 is 1.97 bits per heavy atom. The molecule has 6 rings (SSSR count). The van der Waals surface area contributed by atoms with E-state index in [0.717, 1.165) is 42.6 Å². The van der Waals surface area contributed by atoms with Crippen LogP contribution >= 0.6 is 0 Å². The summed E-state index contributed by atoms with van der Waals surface area (Å²) in [5.41, 5.74) is 9.71. The van der Waals surface area contributed by atoms with Crippen LogP contribution in [0.1, 0.15) is 86.0 Å². The number of nitrogens with two attached hydrogens (primary N) is 1. The van der Waals surface area contributed by atoms with Gasteiger partial charge in [-0.1, -0.05) is 32.4 Å². The lowest BCUT2D eigenvalue weighted by Gasteiger charge is -2.30. The van der Waals surface area contributed by atoms with Crippen molar-refractivity contribution in [3.05, 3.63) is 58.7 Å². The Bertz CT molecular complexity index is 1160. The molecule has 0 spiro atoms. The SMILES string of the molecule is CC.CCOc1ccc2cc1CN1C(=O)CC(CCCCc3ccc4c(c3)C(CCO4)NC2=O)N=C1N. The maximum atomic E-state index is 13.3. The van der Waals surface area contributed by atoms with Crippen molar-refractivity contribution in [2.45, 2.75) is 77.9 Å². The van der Waals surface area contributed by atoms with Gasteiger partial charge in [0.15, 0.2) is 5.96 Å². The number of carbonyl (C=O) groups excluding carboxylic acids is 2. The van der Waals surface area contributed by atoms with Crippen LogP contribution < -0.4 is 20.5 Å². The molecule has 0 fully saturated rings. The van der Waals surface area contributed by atoms with Crippen molar-refractivity contribution in [3.8, 4) is 11.5 Å². The van der Waals surface area contributed by atoms with Crippen LogP contribution in [0.15, 0.2) is 41.4 Å². The van der Waals surface area contributed by atoms with E-state index < -0.39 is 0 Å². The highest BCUT2D eigenvalue weighted by molar-refractivity contribution is 5.98. The zero-order valence-corrected chi connectivity index (χ0v) is 22.1.